The van der Waals surface area contributed by atoms with E-state index in [9.17, 15) is 18.3 Å². The Labute approximate surface area is 119 Å². The van der Waals surface area contributed by atoms with Crippen molar-refractivity contribution in [3.8, 4) is 5.75 Å². The second-order valence-electron chi connectivity index (χ2n) is 4.48. The third-order valence-electron chi connectivity index (χ3n) is 2.76. The average molecular weight is 301 g/mol. The average Bonchev–Trinajstić information content (AvgIpc) is 2.83. The molecule has 1 aromatic heterocycles. The smallest absolute Gasteiger partial charge is 0.408 e. The Hall–Kier alpha value is -2.09. The highest BCUT2D eigenvalue weighted by molar-refractivity contribution is 5.31. The molecular formula is C13H14F3N3O2. The highest BCUT2D eigenvalue weighted by atomic mass is 19.4. The molecule has 2 aromatic rings. The van der Waals surface area contributed by atoms with Gasteiger partial charge in [0.2, 0.25) is 0 Å². The van der Waals surface area contributed by atoms with Crippen molar-refractivity contribution >= 4 is 0 Å². The van der Waals surface area contributed by atoms with Crippen molar-refractivity contribution in [2.45, 2.75) is 25.7 Å². The van der Waals surface area contributed by atoms with Gasteiger partial charge in [-0.15, -0.1) is 0 Å². The molecule has 0 aliphatic carbocycles. The number of benzene rings is 1. The van der Waals surface area contributed by atoms with Crippen LogP contribution in [0.15, 0.2) is 30.6 Å². The molecule has 0 amide bonds. The zero-order valence-electron chi connectivity index (χ0n) is 11.2. The quantitative estimate of drug-likeness (QED) is 0.920. The molecule has 0 saturated heterocycles. The second-order valence-corrected chi connectivity index (χ2v) is 4.48. The molecule has 0 aliphatic heterocycles. The summed E-state index contributed by atoms with van der Waals surface area (Å²) in [7, 11) is 0. The maximum Gasteiger partial charge on any atom is 0.408 e. The van der Waals surface area contributed by atoms with E-state index in [0.29, 0.717) is 10.4 Å². The second kappa shape index (κ2) is 6.13. The van der Waals surface area contributed by atoms with Crippen LogP contribution in [-0.2, 0) is 6.54 Å². The largest absolute Gasteiger partial charge is 0.490 e. The number of nitrogens with zero attached hydrogens (tertiary/aromatic N) is 3. The summed E-state index contributed by atoms with van der Waals surface area (Å²) in [4.78, 5) is 3.66. The van der Waals surface area contributed by atoms with Crippen LogP contribution in [0.5, 0.6) is 5.75 Å². The van der Waals surface area contributed by atoms with Gasteiger partial charge in [-0.2, -0.15) is 18.3 Å². The van der Waals surface area contributed by atoms with E-state index >= 15 is 0 Å². The van der Waals surface area contributed by atoms with Crippen molar-refractivity contribution in [1.82, 2.24) is 14.8 Å². The van der Waals surface area contributed by atoms with Gasteiger partial charge in [0, 0.05) is 0 Å². The molecule has 1 aromatic carbocycles. The first kappa shape index (κ1) is 15.3. The Balaban J connectivity index is 2.03. The molecule has 0 spiro atoms. The number of rotatable bonds is 5. The van der Waals surface area contributed by atoms with Crippen LogP contribution in [0.2, 0.25) is 0 Å². The van der Waals surface area contributed by atoms with Crippen LogP contribution in [0.3, 0.4) is 0 Å². The molecule has 114 valence electrons. The lowest BCUT2D eigenvalue weighted by Crippen LogP contribution is -2.23. The summed E-state index contributed by atoms with van der Waals surface area (Å²) in [6.45, 7) is 0.318. The minimum absolute atomic E-state index is 0.180. The molecule has 21 heavy (non-hydrogen) atoms. The number of ether oxygens (including phenoxy) is 1. The SMILES string of the molecule is Cc1ccccc1OCC(O)c1ncnn1CC(F)(F)F. The molecule has 0 fully saturated rings. The Morgan fingerprint density at radius 3 is 2.71 bits per heavy atom. The normalized spacial score (nSPS) is 13.2. The van der Waals surface area contributed by atoms with E-state index in [-0.39, 0.29) is 12.4 Å². The number of aromatic nitrogens is 3. The van der Waals surface area contributed by atoms with Crippen LogP contribution in [0.4, 0.5) is 13.2 Å². The number of aliphatic hydroxyl groups excluding tert-OH is 1. The predicted molar refractivity (Wildman–Crippen MR) is 67.7 cm³/mol. The third-order valence-corrected chi connectivity index (χ3v) is 2.76. The van der Waals surface area contributed by atoms with Gasteiger partial charge >= 0.3 is 6.18 Å². The molecule has 0 saturated carbocycles. The van der Waals surface area contributed by atoms with E-state index in [2.05, 4.69) is 10.1 Å². The Morgan fingerprint density at radius 1 is 1.33 bits per heavy atom. The highest BCUT2D eigenvalue weighted by Crippen LogP contribution is 2.21. The number of alkyl halides is 3. The van der Waals surface area contributed by atoms with E-state index in [0.717, 1.165) is 11.9 Å². The summed E-state index contributed by atoms with van der Waals surface area (Å²) in [6.07, 6.45) is -4.76. The molecule has 8 heteroatoms. The molecule has 1 heterocycles. The van der Waals surface area contributed by atoms with Crippen molar-refractivity contribution in [2.24, 2.45) is 0 Å². The Morgan fingerprint density at radius 2 is 2.05 bits per heavy atom. The number of hydrogen-bond acceptors (Lipinski definition) is 4. The number of aryl methyl sites for hydroxylation is 1. The van der Waals surface area contributed by atoms with E-state index < -0.39 is 18.8 Å². The minimum Gasteiger partial charge on any atom is -0.490 e. The fourth-order valence-corrected chi connectivity index (χ4v) is 1.78. The van der Waals surface area contributed by atoms with E-state index in [1.807, 2.05) is 19.1 Å². The zero-order chi connectivity index (χ0) is 15.5. The van der Waals surface area contributed by atoms with Gasteiger partial charge in [0.15, 0.2) is 5.82 Å². The summed E-state index contributed by atoms with van der Waals surface area (Å²) >= 11 is 0. The Kier molecular flexibility index (Phi) is 4.46. The summed E-state index contributed by atoms with van der Waals surface area (Å²) in [5.74, 6) is 0.374. The minimum atomic E-state index is -4.43. The predicted octanol–water partition coefficient (Wildman–Crippen LogP) is 2.26. The van der Waals surface area contributed by atoms with Gasteiger partial charge in [0.1, 0.15) is 31.3 Å². The van der Waals surface area contributed by atoms with Gasteiger partial charge in [-0.25, -0.2) is 9.67 Å². The number of hydrogen-bond donors (Lipinski definition) is 1. The standard InChI is InChI=1S/C13H14F3N3O2/c1-9-4-2-3-5-11(9)21-6-10(20)12-17-8-18-19(12)7-13(14,15)16/h2-5,8,10,20H,6-7H2,1H3. The third kappa shape index (κ3) is 4.19. The first-order chi connectivity index (χ1) is 9.87. The van der Waals surface area contributed by atoms with Crippen LogP contribution in [0, 0.1) is 6.92 Å². The van der Waals surface area contributed by atoms with Crippen molar-refractivity contribution < 1.29 is 23.0 Å². The summed E-state index contributed by atoms with van der Waals surface area (Å²) in [5.41, 5.74) is 0.862. The lowest BCUT2D eigenvalue weighted by Gasteiger charge is -2.15. The van der Waals surface area contributed by atoms with Gasteiger partial charge in [0.05, 0.1) is 0 Å². The van der Waals surface area contributed by atoms with Gasteiger partial charge in [-0.05, 0) is 18.6 Å². The molecule has 0 aliphatic rings. The summed E-state index contributed by atoms with van der Waals surface area (Å²) < 4.78 is 43.1. The molecule has 1 N–H and O–H groups in total. The number of aliphatic hydroxyl groups is 1. The van der Waals surface area contributed by atoms with Gasteiger partial charge in [-0.3, -0.25) is 0 Å². The van der Waals surface area contributed by atoms with Gasteiger partial charge in [-0.1, -0.05) is 18.2 Å². The first-order valence-electron chi connectivity index (χ1n) is 6.18. The molecule has 1 unspecified atom stereocenters. The van der Waals surface area contributed by atoms with Crippen molar-refractivity contribution in [3.05, 3.63) is 42.0 Å². The van der Waals surface area contributed by atoms with Crippen molar-refractivity contribution in [1.29, 1.82) is 0 Å². The fraction of sp³-hybridized carbons (Fsp3) is 0.385. The summed E-state index contributed by atoms with van der Waals surface area (Å²) in [5, 5.41) is 13.4. The van der Waals surface area contributed by atoms with Crippen LogP contribution >= 0.6 is 0 Å². The topological polar surface area (TPSA) is 60.2 Å². The molecular weight excluding hydrogens is 287 g/mol. The van der Waals surface area contributed by atoms with Crippen LogP contribution in [0.1, 0.15) is 17.5 Å². The monoisotopic (exact) mass is 301 g/mol. The van der Waals surface area contributed by atoms with E-state index in [1.54, 1.807) is 12.1 Å². The lowest BCUT2D eigenvalue weighted by atomic mass is 10.2. The molecule has 2 rings (SSSR count). The lowest BCUT2D eigenvalue weighted by molar-refractivity contribution is -0.143. The van der Waals surface area contributed by atoms with Crippen LogP contribution in [0.25, 0.3) is 0 Å². The van der Waals surface area contributed by atoms with E-state index in [1.165, 1.54) is 0 Å². The molecule has 0 radical (unpaired) electrons. The molecule has 0 bridgehead atoms. The van der Waals surface area contributed by atoms with Gasteiger partial charge in [0.25, 0.3) is 0 Å². The summed E-state index contributed by atoms with van der Waals surface area (Å²) in [6, 6.07) is 7.13. The van der Waals surface area contributed by atoms with Crippen molar-refractivity contribution in [2.75, 3.05) is 6.61 Å². The maximum atomic E-state index is 12.4. The highest BCUT2D eigenvalue weighted by Gasteiger charge is 2.31. The zero-order valence-corrected chi connectivity index (χ0v) is 11.2. The first-order valence-corrected chi connectivity index (χ1v) is 6.18. The number of halogens is 3. The number of para-hydroxylation sites is 1. The van der Waals surface area contributed by atoms with E-state index in [4.69, 9.17) is 4.74 Å². The van der Waals surface area contributed by atoms with Crippen LogP contribution < -0.4 is 4.74 Å². The fourth-order valence-electron chi connectivity index (χ4n) is 1.78. The van der Waals surface area contributed by atoms with Crippen LogP contribution in [-0.4, -0.2) is 32.7 Å². The molecule has 5 nitrogen and oxygen atoms in total. The Bertz CT molecular complexity index is 598. The maximum absolute atomic E-state index is 12.4. The van der Waals surface area contributed by atoms with Crippen molar-refractivity contribution in [3.63, 3.8) is 0 Å². The van der Waals surface area contributed by atoms with Gasteiger partial charge < -0.3 is 9.84 Å². The molecule has 1 atom stereocenters.